The fraction of sp³-hybridized carbons (Fsp3) is 0.500. The van der Waals surface area contributed by atoms with Crippen molar-refractivity contribution in [2.75, 3.05) is 38.2 Å². The van der Waals surface area contributed by atoms with Gasteiger partial charge in [-0.05, 0) is 49.1 Å². The third-order valence-electron chi connectivity index (χ3n) is 5.32. The number of carbonyl (C=O) groups excluding carboxylic acids is 1. The molecule has 5 nitrogen and oxygen atoms in total. The molecule has 1 amide bonds. The summed E-state index contributed by atoms with van der Waals surface area (Å²) >= 11 is 1.77. The average Bonchev–Trinajstić information content (AvgIpc) is 3.23. The van der Waals surface area contributed by atoms with Gasteiger partial charge < -0.3 is 15.0 Å². The Bertz CT molecular complexity index is 725. The largest absolute Gasteiger partial charge is 0.497 e. The van der Waals surface area contributed by atoms with Crippen LogP contribution in [0.1, 0.15) is 37.6 Å². The summed E-state index contributed by atoms with van der Waals surface area (Å²) in [6.07, 6.45) is 1.47. The topological polar surface area (TPSA) is 44.8 Å². The maximum Gasteiger partial charge on any atom is 0.220 e. The molecule has 1 fully saturated rings. The minimum absolute atomic E-state index is 0.0882. The average molecular weight is 402 g/mol. The molecule has 1 saturated heterocycles. The van der Waals surface area contributed by atoms with Crippen LogP contribution in [-0.4, -0.2) is 50.1 Å². The molecule has 2 aromatic rings. The smallest absolute Gasteiger partial charge is 0.220 e. The third-order valence-corrected chi connectivity index (χ3v) is 6.26. The molecule has 0 radical (unpaired) electrons. The van der Waals surface area contributed by atoms with Crippen molar-refractivity contribution in [2.24, 2.45) is 0 Å². The van der Waals surface area contributed by atoms with E-state index in [9.17, 15) is 4.79 Å². The summed E-state index contributed by atoms with van der Waals surface area (Å²) in [5.41, 5.74) is 1.23. The zero-order chi connectivity index (χ0) is 19.9. The lowest BCUT2D eigenvalue weighted by Gasteiger charge is -2.42. The van der Waals surface area contributed by atoms with Crippen LogP contribution in [0.2, 0.25) is 0 Å². The molecule has 1 N–H and O–H groups in total. The van der Waals surface area contributed by atoms with Crippen molar-refractivity contribution in [3.8, 4) is 5.75 Å². The first-order chi connectivity index (χ1) is 13.6. The number of rotatable bonds is 8. The van der Waals surface area contributed by atoms with Crippen molar-refractivity contribution in [3.05, 3.63) is 46.7 Å². The van der Waals surface area contributed by atoms with E-state index in [1.807, 2.05) is 19.1 Å². The zero-order valence-corrected chi connectivity index (χ0v) is 17.9. The molecule has 28 heavy (non-hydrogen) atoms. The van der Waals surface area contributed by atoms with Crippen molar-refractivity contribution in [2.45, 2.75) is 38.8 Å². The SMILES string of the molecule is CCCC(=O)N[C@@H](C)[C@H](c1cccs1)N1CCN(c2ccc(OC)cc2)CC1. The second kappa shape index (κ2) is 9.94. The number of hydrogen-bond acceptors (Lipinski definition) is 5. The summed E-state index contributed by atoms with van der Waals surface area (Å²) in [7, 11) is 1.69. The molecule has 152 valence electrons. The molecule has 6 heteroatoms. The van der Waals surface area contributed by atoms with E-state index in [2.05, 4.69) is 51.7 Å². The highest BCUT2D eigenvalue weighted by atomic mass is 32.1. The van der Waals surface area contributed by atoms with E-state index in [1.54, 1.807) is 18.4 Å². The van der Waals surface area contributed by atoms with Gasteiger partial charge >= 0.3 is 0 Å². The predicted octanol–water partition coefficient (Wildman–Crippen LogP) is 3.92. The Labute approximate surface area is 172 Å². The van der Waals surface area contributed by atoms with Crippen LogP contribution in [0, 0.1) is 0 Å². The van der Waals surface area contributed by atoms with Crippen LogP contribution in [0.4, 0.5) is 5.69 Å². The van der Waals surface area contributed by atoms with E-state index in [0.29, 0.717) is 6.42 Å². The summed E-state index contributed by atoms with van der Waals surface area (Å²) in [5.74, 6) is 1.03. The van der Waals surface area contributed by atoms with Crippen molar-refractivity contribution in [1.82, 2.24) is 10.2 Å². The second-order valence-corrected chi connectivity index (χ2v) is 8.27. The molecule has 2 heterocycles. The van der Waals surface area contributed by atoms with E-state index < -0.39 is 0 Å². The highest BCUT2D eigenvalue weighted by molar-refractivity contribution is 7.10. The number of anilines is 1. The van der Waals surface area contributed by atoms with Crippen LogP contribution in [0.25, 0.3) is 0 Å². The van der Waals surface area contributed by atoms with Gasteiger partial charge in [0.15, 0.2) is 0 Å². The standard InChI is InChI=1S/C22H31N3O2S/c1-4-6-21(26)23-17(2)22(20-7-5-16-28-20)25-14-12-24(13-15-25)18-8-10-19(27-3)11-9-18/h5,7-11,16-17,22H,4,6,12-15H2,1-3H3,(H,23,26)/t17-,22+/m0/s1. The van der Waals surface area contributed by atoms with Crippen LogP contribution >= 0.6 is 11.3 Å². The van der Waals surface area contributed by atoms with Gasteiger partial charge in [-0.15, -0.1) is 11.3 Å². The number of hydrogen-bond donors (Lipinski definition) is 1. The highest BCUT2D eigenvalue weighted by Gasteiger charge is 2.30. The summed E-state index contributed by atoms with van der Waals surface area (Å²) in [6.45, 7) is 8.08. The van der Waals surface area contributed by atoms with Crippen LogP contribution in [-0.2, 0) is 4.79 Å². The molecular formula is C22H31N3O2S. The van der Waals surface area contributed by atoms with Gasteiger partial charge in [-0.25, -0.2) is 0 Å². The summed E-state index contributed by atoms with van der Waals surface area (Å²) < 4.78 is 5.26. The lowest BCUT2D eigenvalue weighted by atomic mass is 10.0. The number of thiophene rings is 1. The van der Waals surface area contributed by atoms with Crippen molar-refractivity contribution in [3.63, 3.8) is 0 Å². The van der Waals surface area contributed by atoms with Gasteiger partial charge in [-0.3, -0.25) is 9.69 Å². The molecule has 0 saturated carbocycles. The Balaban J connectivity index is 1.66. The van der Waals surface area contributed by atoms with E-state index >= 15 is 0 Å². The Kier molecular flexibility index (Phi) is 7.34. The molecule has 1 aromatic heterocycles. The fourth-order valence-corrected chi connectivity index (χ4v) is 4.85. The normalized spacial score (nSPS) is 17.2. The van der Waals surface area contributed by atoms with Crippen LogP contribution in [0.15, 0.2) is 41.8 Å². The number of carbonyl (C=O) groups is 1. The van der Waals surface area contributed by atoms with Crippen molar-refractivity contribution in [1.29, 1.82) is 0 Å². The Morgan fingerprint density at radius 3 is 2.46 bits per heavy atom. The summed E-state index contributed by atoms with van der Waals surface area (Å²) in [5, 5.41) is 5.34. The quantitative estimate of drug-likeness (QED) is 0.728. The molecule has 3 rings (SSSR count). The first-order valence-corrected chi connectivity index (χ1v) is 11.0. The number of piperazine rings is 1. The van der Waals surface area contributed by atoms with Crippen molar-refractivity contribution >= 4 is 22.9 Å². The minimum atomic E-state index is 0.0882. The molecule has 1 aliphatic rings. The molecule has 1 aromatic carbocycles. The highest BCUT2D eigenvalue weighted by Crippen LogP contribution is 2.30. The number of amides is 1. The van der Waals surface area contributed by atoms with Crippen LogP contribution in [0.5, 0.6) is 5.75 Å². The summed E-state index contributed by atoms with van der Waals surface area (Å²) in [4.78, 5) is 18.4. The molecule has 0 spiro atoms. The molecular weight excluding hydrogens is 370 g/mol. The molecule has 2 atom stereocenters. The third kappa shape index (κ3) is 5.06. The van der Waals surface area contributed by atoms with Crippen molar-refractivity contribution < 1.29 is 9.53 Å². The fourth-order valence-electron chi connectivity index (χ4n) is 3.89. The van der Waals surface area contributed by atoms with Gasteiger partial charge in [0, 0.05) is 49.2 Å². The zero-order valence-electron chi connectivity index (χ0n) is 17.1. The van der Waals surface area contributed by atoms with Gasteiger partial charge in [-0.1, -0.05) is 13.0 Å². The van der Waals surface area contributed by atoms with Gasteiger partial charge in [0.2, 0.25) is 5.91 Å². The van der Waals surface area contributed by atoms with Gasteiger partial charge in [-0.2, -0.15) is 0 Å². The maximum atomic E-state index is 12.2. The van der Waals surface area contributed by atoms with Gasteiger partial charge in [0.1, 0.15) is 5.75 Å². The first kappa shape index (κ1) is 20.7. The van der Waals surface area contributed by atoms with E-state index in [-0.39, 0.29) is 18.0 Å². The number of methoxy groups -OCH3 is 1. The Hall–Kier alpha value is -2.05. The van der Waals surface area contributed by atoms with E-state index in [0.717, 1.165) is 38.3 Å². The molecule has 0 aliphatic carbocycles. The molecule has 1 aliphatic heterocycles. The molecule has 0 bridgehead atoms. The summed E-state index contributed by atoms with van der Waals surface area (Å²) in [6, 6.07) is 12.9. The minimum Gasteiger partial charge on any atom is -0.497 e. The van der Waals surface area contributed by atoms with Crippen LogP contribution in [0.3, 0.4) is 0 Å². The first-order valence-electron chi connectivity index (χ1n) is 10.1. The van der Waals surface area contributed by atoms with Crippen LogP contribution < -0.4 is 15.0 Å². The number of ether oxygens (including phenoxy) is 1. The maximum absolute atomic E-state index is 12.2. The van der Waals surface area contributed by atoms with E-state index in [1.165, 1.54) is 10.6 Å². The van der Waals surface area contributed by atoms with Gasteiger partial charge in [0.05, 0.1) is 13.2 Å². The Morgan fingerprint density at radius 2 is 1.89 bits per heavy atom. The second-order valence-electron chi connectivity index (χ2n) is 7.29. The number of benzene rings is 1. The number of nitrogens with one attached hydrogen (secondary N) is 1. The monoisotopic (exact) mass is 401 g/mol. The Morgan fingerprint density at radius 1 is 1.18 bits per heavy atom. The lowest BCUT2D eigenvalue weighted by Crippen LogP contribution is -2.52. The van der Waals surface area contributed by atoms with E-state index in [4.69, 9.17) is 4.74 Å². The lowest BCUT2D eigenvalue weighted by molar-refractivity contribution is -0.122. The number of nitrogens with zero attached hydrogens (tertiary/aromatic N) is 2. The molecule has 0 unspecified atom stereocenters. The van der Waals surface area contributed by atoms with Gasteiger partial charge in [0.25, 0.3) is 0 Å². The predicted molar refractivity (Wildman–Crippen MR) is 116 cm³/mol.